The highest BCUT2D eigenvalue weighted by atomic mass is 16.5. The van der Waals surface area contributed by atoms with E-state index < -0.39 is 0 Å². The van der Waals surface area contributed by atoms with Gasteiger partial charge in [0.1, 0.15) is 0 Å². The van der Waals surface area contributed by atoms with Gasteiger partial charge < -0.3 is 10.1 Å². The van der Waals surface area contributed by atoms with E-state index in [1.807, 2.05) is 6.92 Å². The van der Waals surface area contributed by atoms with Crippen LogP contribution in [-0.2, 0) is 9.53 Å². The number of allylic oxidation sites excluding steroid dienone is 1. The molecule has 0 saturated heterocycles. The Morgan fingerprint density at radius 3 is 2.17 bits per heavy atom. The molecule has 0 aliphatic carbocycles. The standard InChI is InChI=1S/C15H29NO2/c1-4-5-6-7-8-9-10-11-12-18-15(17)13-14(2)16-3/h13,16H,4-12H2,1-3H3/b14-13-. The fraction of sp³-hybridized carbons (Fsp3) is 0.800. The van der Waals surface area contributed by atoms with Gasteiger partial charge in [0.15, 0.2) is 0 Å². The van der Waals surface area contributed by atoms with Gasteiger partial charge in [-0.05, 0) is 13.3 Å². The van der Waals surface area contributed by atoms with Gasteiger partial charge in [-0.3, -0.25) is 0 Å². The minimum absolute atomic E-state index is 0.246. The summed E-state index contributed by atoms with van der Waals surface area (Å²) >= 11 is 0. The lowest BCUT2D eigenvalue weighted by Crippen LogP contribution is -2.08. The van der Waals surface area contributed by atoms with E-state index in [0.29, 0.717) is 6.61 Å². The minimum Gasteiger partial charge on any atom is -0.462 e. The van der Waals surface area contributed by atoms with Gasteiger partial charge in [-0.2, -0.15) is 0 Å². The van der Waals surface area contributed by atoms with Gasteiger partial charge in [-0.25, -0.2) is 4.79 Å². The number of carbonyl (C=O) groups is 1. The van der Waals surface area contributed by atoms with E-state index in [4.69, 9.17) is 4.74 Å². The lowest BCUT2D eigenvalue weighted by atomic mass is 10.1. The molecule has 0 saturated carbocycles. The summed E-state index contributed by atoms with van der Waals surface area (Å²) in [7, 11) is 1.79. The van der Waals surface area contributed by atoms with Gasteiger partial charge in [0.25, 0.3) is 0 Å². The summed E-state index contributed by atoms with van der Waals surface area (Å²) in [4.78, 5) is 11.3. The smallest absolute Gasteiger partial charge is 0.332 e. The lowest BCUT2D eigenvalue weighted by molar-refractivity contribution is -0.137. The third-order valence-corrected chi connectivity index (χ3v) is 2.97. The molecule has 106 valence electrons. The first-order valence-electron chi connectivity index (χ1n) is 7.23. The van der Waals surface area contributed by atoms with Crippen LogP contribution in [0, 0.1) is 0 Å². The summed E-state index contributed by atoms with van der Waals surface area (Å²) < 4.78 is 5.10. The number of hydrogen-bond donors (Lipinski definition) is 1. The third kappa shape index (κ3) is 11.5. The van der Waals surface area contributed by atoms with Crippen molar-refractivity contribution in [3.63, 3.8) is 0 Å². The second-order valence-electron chi connectivity index (χ2n) is 4.72. The Morgan fingerprint density at radius 2 is 1.61 bits per heavy atom. The molecule has 0 rings (SSSR count). The van der Waals surface area contributed by atoms with Gasteiger partial charge in [-0.1, -0.05) is 51.9 Å². The molecule has 0 spiro atoms. The highest BCUT2D eigenvalue weighted by Crippen LogP contribution is 2.08. The molecule has 0 unspecified atom stereocenters. The van der Waals surface area contributed by atoms with Crippen LogP contribution >= 0.6 is 0 Å². The Morgan fingerprint density at radius 1 is 1.06 bits per heavy atom. The van der Waals surface area contributed by atoms with E-state index in [9.17, 15) is 4.79 Å². The van der Waals surface area contributed by atoms with Crippen LogP contribution in [-0.4, -0.2) is 19.6 Å². The van der Waals surface area contributed by atoms with Crippen molar-refractivity contribution in [1.82, 2.24) is 5.32 Å². The molecule has 18 heavy (non-hydrogen) atoms. The first kappa shape index (κ1) is 17.0. The van der Waals surface area contributed by atoms with E-state index in [-0.39, 0.29) is 5.97 Å². The first-order valence-corrected chi connectivity index (χ1v) is 7.23. The predicted molar refractivity (Wildman–Crippen MR) is 76.4 cm³/mol. The zero-order chi connectivity index (χ0) is 13.6. The number of rotatable bonds is 11. The minimum atomic E-state index is -0.246. The molecule has 0 aromatic carbocycles. The van der Waals surface area contributed by atoms with E-state index >= 15 is 0 Å². The molecule has 1 N–H and O–H groups in total. The SMILES string of the molecule is CCCCCCCCCCOC(=O)/C=C(/C)NC. The van der Waals surface area contributed by atoms with Crippen LogP contribution in [0.3, 0.4) is 0 Å². The Labute approximate surface area is 112 Å². The number of ether oxygens (including phenoxy) is 1. The van der Waals surface area contributed by atoms with Crippen molar-refractivity contribution in [2.24, 2.45) is 0 Å². The molecule has 0 atom stereocenters. The maximum atomic E-state index is 11.3. The molecule has 0 radical (unpaired) electrons. The Balaban J connectivity index is 3.28. The van der Waals surface area contributed by atoms with Crippen molar-refractivity contribution in [2.45, 2.75) is 65.2 Å². The third-order valence-electron chi connectivity index (χ3n) is 2.97. The van der Waals surface area contributed by atoms with Gasteiger partial charge in [0, 0.05) is 18.8 Å². The van der Waals surface area contributed by atoms with Crippen LogP contribution in [0.5, 0.6) is 0 Å². The van der Waals surface area contributed by atoms with E-state index in [1.165, 1.54) is 44.6 Å². The van der Waals surface area contributed by atoms with Crippen LogP contribution in [0.15, 0.2) is 11.8 Å². The van der Waals surface area contributed by atoms with E-state index in [0.717, 1.165) is 18.5 Å². The molecule has 3 nitrogen and oxygen atoms in total. The number of carbonyl (C=O) groups excluding carboxylic acids is 1. The molecule has 0 heterocycles. The topological polar surface area (TPSA) is 38.3 Å². The van der Waals surface area contributed by atoms with Crippen LogP contribution in [0.4, 0.5) is 0 Å². The van der Waals surface area contributed by atoms with Crippen molar-refractivity contribution < 1.29 is 9.53 Å². The number of unbranched alkanes of at least 4 members (excludes halogenated alkanes) is 7. The molecule has 0 aromatic heterocycles. The number of hydrogen-bond acceptors (Lipinski definition) is 3. The monoisotopic (exact) mass is 255 g/mol. The highest BCUT2D eigenvalue weighted by Gasteiger charge is 1.98. The average Bonchev–Trinajstić information content (AvgIpc) is 2.36. The number of nitrogens with one attached hydrogen (secondary N) is 1. The fourth-order valence-corrected chi connectivity index (χ4v) is 1.70. The van der Waals surface area contributed by atoms with Crippen LogP contribution in [0.25, 0.3) is 0 Å². The summed E-state index contributed by atoms with van der Waals surface area (Å²) in [5, 5.41) is 2.89. The fourth-order valence-electron chi connectivity index (χ4n) is 1.70. The van der Waals surface area contributed by atoms with Gasteiger partial charge in [0.2, 0.25) is 0 Å². The summed E-state index contributed by atoms with van der Waals surface area (Å²) in [5.41, 5.74) is 0.830. The molecule has 0 aliphatic heterocycles. The summed E-state index contributed by atoms with van der Waals surface area (Å²) in [5.74, 6) is -0.246. The maximum absolute atomic E-state index is 11.3. The largest absolute Gasteiger partial charge is 0.462 e. The summed E-state index contributed by atoms with van der Waals surface area (Å²) in [6.07, 6.45) is 11.6. The van der Waals surface area contributed by atoms with Gasteiger partial charge in [0.05, 0.1) is 6.61 Å². The molecule has 3 heteroatoms. The highest BCUT2D eigenvalue weighted by molar-refractivity contribution is 5.82. The van der Waals surface area contributed by atoms with Crippen LogP contribution < -0.4 is 5.32 Å². The predicted octanol–water partition coefficient (Wildman–Crippen LogP) is 3.79. The second-order valence-corrected chi connectivity index (χ2v) is 4.72. The van der Waals surface area contributed by atoms with E-state index in [2.05, 4.69) is 12.2 Å². The summed E-state index contributed by atoms with van der Waals surface area (Å²) in [6, 6.07) is 0. The van der Waals surface area contributed by atoms with Crippen molar-refractivity contribution in [1.29, 1.82) is 0 Å². The zero-order valence-electron chi connectivity index (χ0n) is 12.3. The molecular formula is C15H29NO2. The van der Waals surface area contributed by atoms with Crippen molar-refractivity contribution in [3.05, 3.63) is 11.8 Å². The van der Waals surface area contributed by atoms with Crippen molar-refractivity contribution in [2.75, 3.05) is 13.7 Å². The van der Waals surface area contributed by atoms with Crippen molar-refractivity contribution in [3.8, 4) is 0 Å². The van der Waals surface area contributed by atoms with Gasteiger partial charge >= 0.3 is 5.97 Å². The quantitative estimate of drug-likeness (QED) is 0.347. The normalized spacial score (nSPS) is 11.4. The van der Waals surface area contributed by atoms with Crippen LogP contribution in [0.1, 0.15) is 65.2 Å². The average molecular weight is 255 g/mol. The van der Waals surface area contributed by atoms with Gasteiger partial charge in [-0.15, -0.1) is 0 Å². The van der Waals surface area contributed by atoms with Crippen LogP contribution in [0.2, 0.25) is 0 Å². The second kappa shape index (κ2) is 12.5. The Kier molecular flexibility index (Phi) is 11.8. The Bertz CT molecular complexity index is 237. The van der Waals surface area contributed by atoms with Crippen molar-refractivity contribution >= 4 is 5.97 Å². The lowest BCUT2D eigenvalue weighted by Gasteiger charge is -2.03. The molecule has 0 bridgehead atoms. The zero-order valence-corrected chi connectivity index (χ0v) is 12.3. The molecule has 0 aromatic rings. The molecular weight excluding hydrogens is 226 g/mol. The summed E-state index contributed by atoms with van der Waals surface area (Å²) in [6.45, 7) is 4.62. The first-order chi connectivity index (χ1) is 8.70. The molecule has 0 fully saturated rings. The van der Waals surface area contributed by atoms with E-state index in [1.54, 1.807) is 7.05 Å². The maximum Gasteiger partial charge on any atom is 0.332 e. The Hall–Kier alpha value is -0.990. The number of esters is 1. The molecule has 0 amide bonds. The molecule has 0 aliphatic rings.